The van der Waals surface area contributed by atoms with Crippen LogP contribution < -0.4 is 0 Å². The predicted octanol–water partition coefficient (Wildman–Crippen LogP) is 2.66. The molecule has 0 saturated carbocycles. The van der Waals surface area contributed by atoms with Crippen LogP contribution in [0.3, 0.4) is 0 Å². The maximum atomic E-state index is 12.2. The van der Waals surface area contributed by atoms with E-state index < -0.39 is 22.6 Å². The Bertz CT molecular complexity index is 335. The molecular formula is C7H4ClF3N2. The Hall–Kier alpha value is -1.10. The molecule has 0 bridgehead atoms. The second-order valence-electron chi connectivity index (χ2n) is 2.21. The van der Waals surface area contributed by atoms with Crippen LogP contribution in [0.25, 0.3) is 0 Å². The topological polar surface area (TPSA) is 36.7 Å². The van der Waals surface area contributed by atoms with E-state index in [-0.39, 0.29) is 0 Å². The minimum absolute atomic E-state index is 0.406. The molecule has 0 atom stereocenters. The van der Waals surface area contributed by atoms with Crippen LogP contribution in [0.15, 0.2) is 18.3 Å². The quantitative estimate of drug-likeness (QED) is 0.708. The van der Waals surface area contributed by atoms with Crippen molar-refractivity contribution in [2.75, 3.05) is 0 Å². The van der Waals surface area contributed by atoms with Gasteiger partial charge in [-0.2, -0.15) is 13.2 Å². The van der Waals surface area contributed by atoms with Gasteiger partial charge >= 0.3 is 6.18 Å². The Kier molecular flexibility index (Phi) is 2.56. The van der Waals surface area contributed by atoms with E-state index >= 15 is 0 Å². The molecule has 0 unspecified atom stereocenters. The van der Waals surface area contributed by atoms with Gasteiger partial charge in [-0.3, -0.25) is 10.4 Å². The lowest BCUT2D eigenvalue weighted by Gasteiger charge is -2.08. The summed E-state index contributed by atoms with van der Waals surface area (Å²) < 4.78 is 36.6. The summed E-state index contributed by atoms with van der Waals surface area (Å²) >= 11 is 5.16. The molecule has 1 rings (SSSR count). The summed E-state index contributed by atoms with van der Waals surface area (Å²) in [5.74, 6) is 0. The van der Waals surface area contributed by atoms with Gasteiger partial charge in [-0.25, -0.2) is 0 Å². The van der Waals surface area contributed by atoms with E-state index in [1.807, 2.05) is 0 Å². The number of pyridine rings is 1. The monoisotopic (exact) mass is 208 g/mol. The number of rotatable bonds is 1. The largest absolute Gasteiger partial charge is 0.434 e. The molecule has 0 saturated heterocycles. The highest BCUT2D eigenvalue weighted by Gasteiger charge is 2.35. The van der Waals surface area contributed by atoms with Crippen LogP contribution in [-0.4, -0.2) is 10.2 Å². The Balaban J connectivity index is 3.28. The smallest absolute Gasteiger partial charge is 0.289 e. The van der Waals surface area contributed by atoms with Crippen molar-refractivity contribution in [2.45, 2.75) is 6.18 Å². The molecule has 1 aromatic rings. The van der Waals surface area contributed by atoms with Crippen LogP contribution in [-0.2, 0) is 6.18 Å². The Labute approximate surface area is 76.9 Å². The van der Waals surface area contributed by atoms with Crippen molar-refractivity contribution in [3.63, 3.8) is 0 Å². The standard InChI is InChI=1S/C7H4ClF3N2/c8-6(12)4-2-1-3-13-5(4)7(9,10)11/h1-3,12H. The first-order valence-electron chi connectivity index (χ1n) is 3.19. The second-order valence-corrected chi connectivity index (χ2v) is 2.59. The summed E-state index contributed by atoms with van der Waals surface area (Å²) in [6.07, 6.45) is -3.57. The van der Waals surface area contributed by atoms with E-state index in [2.05, 4.69) is 4.98 Å². The van der Waals surface area contributed by atoms with Gasteiger partial charge in [0.25, 0.3) is 0 Å². The number of halogens is 4. The van der Waals surface area contributed by atoms with Gasteiger partial charge in [0.05, 0.1) is 0 Å². The van der Waals surface area contributed by atoms with Crippen molar-refractivity contribution in [3.8, 4) is 0 Å². The van der Waals surface area contributed by atoms with E-state index in [1.165, 1.54) is 6.07 Å². The highest BCUT2D eigenvalue weighted by molar-refractivity contribution is 6.68. The molecule has 0 radical (unpaired) electrons. The van der Waals surface area contributed by atoms with Crippen molar-refractivity contribution in [2.24, 2.45) is 0 Å². The molecule has 1 heterocycles. The number of nitrogens with one attached hydrogen (secondary N) is 1. The normalized spacial score (nSPS) is 11.4. The molecule has 0 fully saturated rings. The first-order chi connectivity index (χ1) is 5.93. The molecule has 1 N–H and O–H groups in total. The van der Waals surface area contributed by atoms with E-state index in [9.17, 15) is 13.2 Å². The molecule has 0 aromatic carbocycles. The summed E-state index contributed by atoms with van der Waals surface area (Å²) in [6.45, 7) is 0. The molecule has 2 nitrogen and oxygen atoms in total. The van der Waals surface area contributed by atoms with Gasteiger partial charge in [0.15, 0.2) is 5.69 Å². The molecule has 1 aromatic heterocycles. The third-order valence-corrected chi connectivity index (χ3v) is 1.52. The molecular weight excluding hydrogens is 205 g/mol. The molecule has 0 spiro atoms. The number of hydrogen-bond acceptors (Lipinski definition) is 2. The lowest BCUT2D eigenvalue weighted by Crippen LogP contribution is -2.12. The lowest BCUT2D eigenvalue weighted by molar-refractivity contribution is -0.141. The highest BCUT2D eigenvalue weighted by Crippen LogP contribution is 2.30. The van der Waals surface area contributed by atoms with Crippen molar-refractivity contribution < 1.29 is 13.2 Å². The van der Waals surface area contributed by atoms with E-state index in [0.717, 1.165) is 12.3 Å². The summed E-state index contributed by atoms with van der Waals surface area (Å²) in [4.78, 5) is 3.12. The minimum atomic E-state index is -4.57. The molecule has 70 valence electrons. The zero-order valence-corrected chi connectivity index (χ0v) is 6.95. The van der Waals surface area contributed by atoms with Gasteiger partial charge in [0, 0.05) is 11.8 Å². The number of nitrogens with zero attached hydrogens (tertiary/aromatic N) is 1. The molecule has 0 aliphatic rings. The fraction of sp³-hybridized carbons (Fsp3) is 0.143. The van der Waals surface area contributed by atoms with Gasteiger partial charge in [0.1, 0.15) is 5.17 Å². The molecule has 0 amide bonds. The van der Waals surface area contributed by atoms with Crippen LogP contribution in [0.2, 0.25) is 0 Å². The first-order valence-corrected chi connectivity index (χ1v) is 3.57. The van der Waals surface area contributed by atoms with Gasteiger partial charge in [0.2, 0.25) is 0 Å². The number of aromatic nitrogens is 1. The zero-order valence-electron chi connectivity index (χ0n) is 6.19. The lowest BCUT2D eigenvalue weighted by atomic mass is 10.2. The summed E-state index contributed by atoms with van der Waals surface area (Å²) in [6, 6.07) is 2.40. The van der Waals surface area contributed by atoms with Crippen molar-refractivity contribution in [1.29, 1.82) is 5.41 Å². The molecule has 6 heteroatoms. The minimum Gasteiger partial charge on any atom is -0.289 e. The van der Waals surface area contributed by atoms with Crippen molar-refractivity contribution in [1.82, 2.24) is 4.98 Å². The zero-order chi connectivity index (χ0) is 10.1. The molecule has 0 aliphatic carbocycles. The average Bonchev–Trinajstić information content (AvgIpc) is 2.03. The fourth-order valence-corrected chi connectivity index (χ4v) is 0.961. The van der Waals surface area contributed by atoms with Gasteiger partial charge < -0.3 is 0 Å². The van der Waals surface area contributed by atoms with Crippen LogP contribution >= 0.6 is 11.6 Å². The van der Waals surface area contributed by atoms with Crippen LogP contribution in [0.1, 0.15) is 11.3 Å². The Morgan fingerprint density at radius 1 is 1.46 bits per heavy atom. The predicted molar refractivity (Wildman–Crippen MR) is 41.9 cm³/mol. The highest BCUT2D eigenvalue weighted by atomic mass is 35.5. The van der Waals surface area contributed by atoms with Gasteiger partial charge in [-0.15, -0.1) is 0 Å². The van der Waals surface area contributed by atoms with Crippen molar-refractivity contribution >= 4 is 16.8 Å². The number of hydrogen-bond donors (Lipinski definition) is 1. The van der Waals surface area contributed by atoms with E-state index in [0.29, 0.717) is 0 Å². The number of alkyl halides is 3. The Morgan fingerprint density at radius 3 is 2.46 bits per heavy atom. The Morgan fingerprint density at radius 2 is 2.08 bits per heavy atom. The van der Waals surface area contributed by atoms with E-state index in [4.69, 9.17) is 17.0 Å². The summed E-state index contributed by atoms with van der Waals surface area (Å²) in [5.41, 5.74) is -1.54. The third kappa shape index (κ3) is 2.18. The average molecular weight is 209 g/mol. The summed E-state index contributed by atoms with van der Waals surface area (Å²) in [5, 5.41) is 6.22. The van der Waals surface area contributed by atoms with Crippen LogP contribution in [0.5, 0.6) is 0 Å². The SMILES string of the molecule is N=C(Cl)c1cccnc1C(F)(F)F. The van der Waals surface area contributed by atoms with Gasteiger partial charge in [-0.1, -0.05) is 11.6 Å². The maximum absolute atomic E-state index is 12.2. The third-order valence-electron chi connectivity index (χ3n) is 1.31. The van der Waals surface area contributed by atoms with Gasteiger partial charge in [-0.05, 0) is 12.1 Å². The maximum Gasteiger partial charge on any atom is 0.434 e. The fourth-order valence-electron chi connectivity index (χ4n) is 0.808. The molecule has 0 aliphatic heterocycles. The molecule has 13 heavy (non-hydrogen) atoms. The van der Waals surface area contributed by atoms with Crippen LogP contribution in [0, 0.1) is 5.41 Å². The van der Waals surface area contributed by atoms with E-state index in [1.54, 1.807) is 0 Å². The second kappa shape index (κ2) is 3.33. The van der Waals surface area contributed by atoms with Crippen LogP contribution in [0.4, 0.5) is 13.2 Å². The first kappa shape index (κ1) is 9.98. The summed E-state index contributed by atoms with van der Waals surface area (Å²) in [7, 11) is 0. The van der Waals surface area contributed by atoms with Crippen molar-refractivity contribution in [3.05, 3.63) is 29.6 Å².